The van der Waals surface area contributed by atoms with Crippen molar-refractivity contribution in [1.29, 1.82) is 0 Å². The van der Waals surface area contributed by atoms with Crippen LogP contribution in [0.2, 0.25) is 0 Å². The first-order valence-corrected chi connectivity index (χ1v) is 5.87. The Balaban J connectivity index is 2.25. The summed E-state index contributed by atoms with van der Waals surface area (Å²) in [6, 6.07) is 3.95. The molecule has 0 bridgehead atoms. The molecule has 2 heterocycles. The molecular weight excluding hydrogens is 212 g/mol. The van der Waals surface area contributed by atoms with Crippen LogP contribution in [-0.4, -0.2) is 15.7 Å². The summed E-state index contributed by atoms with van der Waals surface area (Å²) in [6.07, 6.45) is 4.51. The highest BCUT2D eigenvalue weighted by Crippen LogP contribution is 2.22. The summed E-state index contributed by atoms with van der Waals surface area (Å²) >= 11 is 5.85. The van der Waals surface area contributed by atoms with Crippen LogP contribution in [0.1, 0.15) is 5.69 Å². The van der Waals surface area contributed by atoms with E-state index in [2.05, 4.69) is 28.0 Å². The zero-order valence-corrected chi connectivity index (χ0v) is 9.26. The minimum Gasteiger partial charge on any atom is -0.265 e. The van der Waals surface area contributed by atoms with Crippen LogP contribution in [0.15, 0.2) is 29.9 Å². The van der Waals surface area contributed by atoms with Gasteiger partial charge in [0.25, 0.3) is 0 Å². The van der Waals surface area contributed by atoms with Gasteiger partial charge in [-0.05, 0) is 24.3 Å². The van der Waals surface area contributed by atoms with E-state index in [4.69, 9.17) is 0 Å². The molecule has 0 saturated heterocycles. The van der Waals surface area contributed by atoms with Crippen LogP contribution >= 0.6 is 24.0 Å². The number of pyridine rings is 1. The quantitative estimate of drug-likeness (QED) is 0.808. The molecule has 2 aromatic heterocycles. The first kappa shape index (κ1) is 9.68. The molecule has 2 aromatic rings. The lowest BCUT2D eigenvalue weighted by molar-refractivity contribution is 1.08. The lowest BCUT2D eigenvalue weighted by Gasteiger charge is -1.93. The topological polar surface area (TPSA) is 25.8 Å². The second kappa shape index (κ2) is 4.57. The van der Waals surface area contributed by atoms with Crippen LogP contribution < -0.4 is 0 Å². The van der Waals surface area contributed by atoms with E-state index in [0.29, 0.717) is 0 Å². The van der Waals surface area contributed by atoms with E-state index in [-0.39, 0.29) is 0 Å². The van der Waals surface area contributed by atoms with Crippen LogP contribution in [0, 0.1) is 0 Å². The Hall–Kier alpha value is -0.870. The second-order valence-electron chi connectivity index (χ2n) is 2.85. The largest absolute Gasteiger partial charge is 0.265 e. The molecule has 14 heavy (non-hydrogen) atoms. The van der Waals surface area contributed by atoms with Gasteiger partial charge in [0.2, 0.25) is 0 Å². The molecule has 0 saturated carbocycles. The Morgan fingerprint density at radius 2 is 2.07 bits per heavy atom. The fourth-order valence-corrected chi connectivity index (χ4v) is 2.25. The summed E-state index contributed by atoms with van der Waals surface area (Å²) in [7, 11) is 0. The van der Waals surface area contributed by atoms with E-state index >= 15 is 0 Å². The molecule has 2 rings (SSSR count). The summed E-state index contributed by atoms with van der Waals surface area (Å²) in [5.41, 5.74) is 2.26. The molecule has 0 spiro atoms. The third-order valence-corrected chi connectivity index (χ3v) is 3.01. The summed E-state index contributed by atoms with van der Waals surface area (Å²) in [6.45, 7) is 0. The minimum atomic E-state index is 0.847. The maximum Gasteiger partial charge on any atom is 0.123 e. The molecule has 4 heteroatoms. The van der Waals surface area contributed by atoms with Crippen LogP contribution in [-0.2, 0) is 6.42 Å². The van der Waals surface area contributed by atoms with Crippen molar-refractivity contribution < 1.29 is 0 Å². The van der Waals surface area contributed by atoms with E-state index in [1.54, 1.807) is 23.7 Å². The fourth-order valence-electron chi connectivity index (χ4n) is 1.16. The Morgan fingerprint density at radius 1 is 1.29 bits per heavy atom. The number of hydrogen-bond donors (Lipinski definition) is 1. The van der Waals surface area contributed by atoms with E-state index in [1.165, 1.54) is 0 Å². The number of thiazole rings is 1. The summed E-state index contributed by atoms with van der Waals surface area (Å²) in [5, 5.41) is 3.15. The lowest BCUT2D eigenvalue weighted by Crippen LogP contribution is -1.85. The maximum atomic E-state index is 4.51. The Labute approximate surface area is 92.5 Å². The third-order valence-electron chi connectivity index (χ3n) is 1.85. The second-order valence-corrected chi connectivity index (χ2v) is 4.16. The predicted octanol–water partition coefficient (Wildman–Crippen LogP) is 2.68. The number of aryl methyl sites for hydroxylation is 1. The molecule has 0 aliphatic heterocycles. The van der Waals surface area contributed by atoms with E-state index in [1.807, 2.05) is 12.1 Å². The van der Waals surface area contributed by atoms with Gasteiger partial charge in [-0.3, -0.25) is 4.98 Å². The third kappa shape index (κ3) is 2.13. The minimum absolute atomic E-state index is 0.847. The van der Waals surface area contributed by atoms with Gasteiger partial charge in [-0.2, -0.15) is 12.6 Å². The summed E-state index contributed by atoms with van der Waals surface area (Å²) in [4.78, 5) is 8.49. The molecule has 2 nitrogen and oxygen atoms in total. The summed E-state index contributed by atoms with van der Waals surface area (Å²) < 4.78 is 0. The SMILES string of the molecule is SCCc1csc(-c2ccncc2)n1. The smallest absolute Gasteiger partial charge is 0.123 e. The molecule has 0 unspecified atom stereocenters. The molecule has 0 radical (unpaired) electrons. The van der Waals surface area contributed by atoms with Crippen LogP contribution in [0.3, 0.4) is 0 Å². The van der Waals surface area contributed by atoms with Crippen molar-refractivity contribution in [2.45, 2.75) is 6.42 Å². The average Bonchev–Trinajstić information content (AvgIpc) is 2.68. The molecule has 0 atom stereocenters. The van der Waals surface area contributed by atoms with Crippen molar-refractivity contribution in [1.82, 2.24) is 9.97 Å². The monoisotopic (exact) mass is 222 g/mol. The van der Waals surface area contributed by atoms with Crippen LogP contribution in [0.25, 0.3) is 10.6 Å². The molecule has 0 aromatic carbocycles. The Morgan fingerprint density at radius 3 is 2.79 bits per heavy atom. The first-order valence-electron chi connectivity index (χ1n) is 4.36. The molecule has 0 fully saturated rings. The Kier molecular flexibility index (Phi) is 3.16. The van der Waals surface area contributed by atoms with E-state index in [0.717, 1.165) is 28.4 Å². The number of rotatable bonds is 3. The number of thiol groups is 1. The van der Waals surface area contributed by atoms with Gasteiger partial charge in [0, 0.05) is 23.3 Å². The highest BCUT2D eigenvalue weighted by Gasteiger charge is 2.02. The standard InChI is InChI=1S/C10H10N2S2/c13-6-3-9-7-14-10(12-9)8-1-4-11-5-2-8/h1-2,4-5,7,13H,3,6H2. The van der Waals surface area contributed by atoms with Gasteiger partial charge in [-0.1, -0.05) is 0 Å². The molecule has 0 amide bonds. The summed E-state index contributed by atoms with van der Waals surface area (Å²) in [5.74, 6) is 0.847. The molecule has 72 valence electrons. The van der Waals surface area contributed by atoms with Crippen molar-refractivity contribution in [2.75, 3.05) is 5.75 Å². The van der Waals surface area contributed by atoms with Crippen molar-refractivity contribution >= 4 is 24.0 Å². The average molecular weight is 222 g/mol. The van der Waals surface area contributed by atoms with Crippen molar-refractivity contribution in [3.8, 4) is 10.6 Å². The fraction of sp³-hybridized carbons (Fsp3) is 0.200. The van der Waals surface area contributed by atoms with Gasteiger partial charge < -0.3 is 0 Å². The highest BCUT2D eigenvalue weighted by atomic mass is 32.1. The van der Waals surface area contributed by atoms with Crippen LogP contribution in [0.5, 0.6) is 0 Å². The van der Waals surface area contributed by atoms with Crippen molar-refractivity contribution in [2.24, 2.45) is 0 Å². The molecule has 0 N–H and O–H groups in total. The molecule has 0 aliphatic rings. The van der Waals surface area contributed by atoms with Crippen molar-refractivity contribution in [3.63, 3.8) is 0 Å². The molecule has 0 aliphatic carbocycles. The van der Waals surface area contributed by atoms with Gasteiger partial charge >= 0.3 is 0 Å². The van der Waals surface area contributed by atoms with Crippen molar-refractivity contribution in [3.05, 3.63) is 35.6 Å². The molecular formula is C10H10N2S2. The van der Waals surface area contributed by atoms with Gasteiger partial charge in [-0.15, -0.1) is 11.3 Å². The zero-order valence-electron chi connectivity index (χ0n) is 7.55. The predicted molar refractivity (Wildman–Crippen MR) is 62.9 cm³/mol. The number of hydrogen-bond acceptors (Lipinski definition) is 4. The Bertz CT molecular complexity index is 398. The van der Waals surface area contributed by atoms with E-state index in [9.17, 15) is 0 Å². The maximum absolute atomic E-state index is 4.51. The first-order chi connectivity index (χ1) is 6.90. The number of aromatic nitrogens is 2. The lowest BCUT2D eigenvalue weighted by atomic mass is 10.3. The van der Waals surface area contributed by atoms with Crippen LogP contribution in [0.4, 0.5) is 0 Å². The van der Waals surface area contributed by atoms with Gasteiger partial charge in [0.1, 0.15) is 5.01 Å². The van der Waals surface area contributed by atoms with Gasteiger partial charge in [0.15, 0.2) is 0 Å². The highest BCUT2D eigenvalue weighted by molar-refractivity contribution is 7.80. The normalized spacial score (nSPS) is 10.4. The van der Waals surface area contributed by atoms with Gasteiger partial charge in [0.05, 0.1) is 5.69 Å². The van der Waals surface area contributed by atoms with Gasteiger partial charge in [-0.25, -0.2) is 4.98 Å². The zero-order chi connectivity index (χ0) is 9.80. The number of nitrogens with zero attached hydrogens (tertiary/aromatic N) is 2. The van der Waals surface area contributed by atoms with E-state index < -0.39 is 0 Å².